The predicted molar refractivity (Wildman–Crippen MR) is 251 cm³/mol. The Morgan fingerprint density at radius 3 is 1.00 bits per heavy atom. The average molecular weight is 805 g/mol. The summed E-state index contributed by atoms with van der Waals surface area (Å²) < 4.78 is 11.2. The van der Waals surface area contributed by atoms with Gasteiger partial charge in [-0.2, -0.15) is 0 Å². The number of hydrogen-bond donors (Lipinski definition) is 1. The number of carbonyl (C=O) groups is 1. The van der Waals surface area contributed by atoms with E-state index in [0.717, 1.165) is 19.3 Å². The lowest BCUT2D eigenvalue weighted by Crippen LogP contribution is -2.27. The molecule has 0 saturated carbocycles. The summed E-state index contributed by atoms with van der Waals surface area (Å²) in [4.78, 5) is 12.3. The highest BCUT2D eigenvalue weighted by molar-refractivity contribution is 5.69. The number of hydrogen-bond acceptors (Lipinski definition) is 4. The highest BCUT2D eigenvalue weighted by Gasteiger charge is 2.13. The fourth-order valence-electron chi connectivity index (χ4n) is 8.15. The van der Waals surface area contributed by atoms with E-state index in [0.29, 0.717) is 19.6 Å². The fraction of sp³-hybridized carbons (Fsp3) is 0.943. The summed E-state index contributed by atoms with van der Waals surface area (Å²) in [6.07, 6.45) is 63.1. The second-order valence-electron chi connectivity index (χ2n) is 18.0. The number of unbranched alkanes of at least 4 members (excludes halogenated alkanes) is 40. The Hall–Kier alpha value is -0.870. The van der Waals surface area contributed by atoms with E-state index >= 15 is 0 Å². The molecule has 1 N–H and O–H groups in total. The molecule has 340 valence electrons. The molecular formula is C53H104O4. The van der Waals surface area contributed by atoms with E-state index in [1.807, 2.05) is 0 Å². The summed E-state index contributed by atoms with van der Waals surface area (Å²) in [6, 6.07) is 0. The fourth-order valence-corrected chi connectivity index (χ4v) is 8.15. The van der Waals surface area contributed by atoms with Crippen LogP contribution in [-0.4, -0.2) is 37.0 Å². The molecule has 0 aromatic heterocycles. The van der Waals surface area contributed by atoms with Crippen LogP contribution in [0, 0.1) is 0 Å². The molecule has 57 heavy (non-hydrogen) atoms. The van der Waals surface area contributed by atoms with Gasteiger partial charge >= 0.3 is 5.97 Å². The van der Waals surface area contributed by atoms with E-state index in [-0.39, 0.29) is 12.6 Å². The van der Waals surface area contributed by atoms with Gasteiger partial charge in [0.05, 0.1) is 13.2 Å². The largest absolute Gasteiger partial charge is 0.457 e. The minimum atomic E-state index is -0.528. The third kappa shape index (κ3) is 49.4. The monoisotopic (exact) mass is 805 g/mol. The summed E-state index contributed by atoms with van der Waals surface area (Å²) in [5.74, 6) is -0.192. The number of aliphatic hydroxyl groups excluding tert-OH is 1. The van der Waals surface area contributed by atoms with Crippen LogP contribution in [0.1, 0.15) is 296 Å². The molecule has 0 aliphatic rings. The van der Waals surface area contributed by atoms with Gasteiger partial charge in [-0.05, 0) is 38.5 Å². The standard InChI is InChI=1S/C53H104O4/c1-3-5-7-9-11-13-15-17-19-21-23-24-25-26-27-28-29-31-33-35-37-39-41-43-45-47-49-56-51-52(50-54)57-53(55)48-46-44-42-40-38-36-34-32-30-22-20-18-16-14-12-10-8-6-4-2/h21,23,52,54H,3-20,22,24-51H2,1-2H3/b23-21-. The third-order valence-electron chi connectivity index (χ3n) is 12.1. The first-order chi connectivity index (χ1) is 28.2. The zero-order valence-corrected chi connectivity index (χ0v) is 39.1. The predicted octanol–water partition coefficient (Wildman–Crippen LogP) is 17.7. The third-order valence-corrected chi connectivity index (χ3v) is 12.1. The van der Waals surface area contributed by atoms with E-state index < -0.39 is 6.10 Å². The van der Waals surface area contributed by atoms with Crippen LogP contribution < -0.4 is 0 Å². The molecule has 0 fully saturated rings. The Labute approximate surface area is 358 Å². The molecule has 0 aliphatic heterocycles. The summed E-state index contributed by atoms with van der Waals surface area (Å²) in [7, 11) is 0. The van der Waals surface area contributed by atoms with Crippen LogP contribution in [0.15, 0.2) is 12.2 Å². The summed E-state index contributed by atoms with van der Waals surface area (Å²) >= 11 is 0. The van der Waals surface area contributed by atoms with Crippen LogP contribution in [-0.2, 0) is 14.3 Å². The van der Waals surface area contributed by atoms with Gasteiger partial charge in [0.2, 0.25) is 0 Å². The van der Waals surface area contributed by atoms with Crippen LogP contribution in [0.4, 0.5) is 0 Å². The highest BCUT2D eigenvalue weighted by Crippen LogP contribution is 2.17. The van der Waals surface area contributed by atoms with Gasteiger partial charge in [-0.25, -0.2) is 0 Å². The summed E-state index contributed by atoms with van der Waals surface area (Å²) in [5.41, 5.74) is 0. The maximum absolute atomic E-state index is 12.3. The van der Waals surface area contributed by atoms with Gasteiger partial charge in [0.1, 0.15) is 6.10 Å². The molecule has 0 amide bonds. The molecule has 0 aliphatic carbocycles. The minimum absolute atomic E-state index is 0.164. The van der Waals surface area contributed by atoms with Crippen LogP contribution >= 0.6 is 0 Å². The molecule has 4 nitrogen and oxygen atoms in total. The molecule has 0 spiro atoms. The Kier molecular flexibility index (Phi) is 50.5. The van der Waals surface area contributed by atoms with Crippen molar-refractivity contribution in [3.63, 3.8) is 0 Å². The van der Waals surface area contributed by atoms with E-state index in [1.165, 1.54) is 257 Å². The van der Waals surface area contributed by atoms with Crippen molar-refractivity contribution >= 4 is 5.97 Å². The maximum atomic E-state index is 12.3. The maximum Gasteiger partial charge on any atom is 0.306 e. The van der Waals surface area contributed by atoms with E-state index in [2.05, 4.69) is 26.0 Å². The van der Waals surface area contributed by atoms with Gasteiger partial charge in [0.15, 0.2) is 0 Å². The minimum Gasteiger partial charge on any atom is -0.457 e. The summed E-state index contributed by atoms with van der Waals surface area (Å²) in [5, 5.41) is 9.65. The number of allylic oxidation sites excluding steroid dienone is 2. The molecule has 4 heteroatoms. The topological polar surface area (TPSA) is 55.8 Å². The van der Waals surface area contributed by atoms with Crippen LogP contribution in [0.5, 0.6) is 0 Å². The molecule has 0 rings (SSSR count). The van der Waals surface area contributed by atoms with Crippen molar-refractivity contribution in [3.8, 4) is 0 Å². The number of rotatable bonds is 50. The first-order valence-corrected chi connectivity index (χ1v) is 26.3. The first-order valence-electron chi connectivity index (χ1n) is 26.3. The Morgan fingerprint density at radius 2 is 0.684 bits per heavy atom. The van der Waals surface area contributed by atoms with Crippen LogP contribution in [0.25, 0.3) is 0 Å². The second-order valence-corrected chi connectivity index (χ2v) is 18.0. The number of aliphatic hydroxyl groups is 1. The Bertz CT molecular complexity index is 766. The van der Waals surface area contributed by atoms with E-state index in [1.54, 1.807) is 0 Å². The van der Waals surface area contributed by atoms with Crippen molar-refractivity contribution in [2.24, 2.45) is 0 Å². The second kappa shape index (κ2) is 51.3. The number of ether oxygens (including phenoxy) is 2. The van der Waals surface area contributed by atoms with Gasteiger partial charge in [-0.15, -0.1) is 0 Å². The van der Waals surface area contributed by atoms with Gasteiger partial charge in [0, 0.05) is 13.0 Å². The zero-order chi connectivity index (χ0) is 41.2. The highest BCUT2D eigenvalue weighted by atomic mass is 16.6. The molecule has 0 radical (unpaired) electrons. The normalized spacial score (nSPS) is 12.3. The van der Waals surface area contributed by atoms with Crippen molar-refractivity contribution in [2.75, 3.05) is 19.8 Å². The summed E-state index contributed by atoms with van der Waals surface area (Å²) in [6.45, 7) is 5.41. The zero-order valence-electron chi connectivity index (χ0n) is 39.1. The van der Waals surface area contributed by atoms with Gasteiger partial charge in [-0.1, -0.05) is 264 Å². The lowest BCUT2D eigenvalue weighted by Gasteiger charge is -2.16. The molecule has 1 atom stereocenters. The van der Waals surface area contributed by atoms with Gasteiger partial charge < -0.3 is 14.6 Å². The molecule has 0 aromatic carbocycles. The van der Waals surface area contributed by atoms with E-state index in [9.17, 15) is 9.90 Å². The van der Waals surface area contributed by atoms with Crippen molar-refractivity contribution < 1.29 is 19.4 Å². The van der Waals surface area contributed by atoms with Crippen LogP contribution in [0.2, 0.25) is 0 Å². The lowest BCUT2D eigenvalue weighted by atomic mass is 10.0. The smallest absolute Gasteiger partial charge is 0.306 e. The molecular weight excluding hydrogens is 701 g/mol. The van der Waals surface area contributed by atoms with Crippen molar-refractivity contribution in [1.29, 1.82) is 0 Å². The first kappa shape index (κ1) is 56.1. The molecule has 0 saturated heterocycles. The molecule has 0 heterocycles. The van der Waals surface area contributed by atoms with Gasteiger partial charge in [0.25, 0.3) is 0 Å². The molecule has 1 unspecified atom stereocenters. The van der Waals surface area contributed by atoms with Crippen LogP contribution in [0.3, 0.4) is 0 Å². The average Bonchev–Trinajstić information content (AvgIpc) is 3.22. The quantitative estimate of drug-likeness (QED) is 0.0378. The number of esters is 1. The van der Waals surface area contributed by atoms with Crippen molar-refractivity contribution in [1.82, 2.24) is 0 Å². The molecule has 0 aromatic rings. The van der Waals surface area contributed by atoms with Gasteiger partial charge in [-0.3, -0.25) is 4.79 Å². The van der Waals surface area contributed by atoms with E-state index in [4.69, 9.17) is 9.47 Å². The Balaban J connectivity index is 3.33. The SMILES string of the molecule is CCCCCCCCCC/C=C\CCCCCCCCCCCCCCCCOCC(CO)OC(=O)CCCCCCCCCCCCCCCCCCCCC. The lowest BCUT2D eigenvalue weighted by molar-refractivity contribution is -0.154. The van der Waals surface area contributed by atoms with Crippen molar-refractivity contribution in [2.45, 2.75) is 302 Å². The number of carbonyl (C=O) groups excluding carboxylic acids is 1. The Morgan fingerprint density at radius 1 is 0.404 bits per heavy atom. The molecule has 0 bridgehead atoms. The van der Waals surface area contributed by atoms with Crippen molar-refractivity contribution in [3.05, 3.63) is 12.2 Å².